The molecule has 0 saturated heterocycles. The zero-order valence-electron chi connectivity index (χ0n) is 9.45. The lowest BCUT2D eigenvalue weighted by molar-refractivity contribution is 0.628. The Balaban J connectivity index is 2.09. The summed E-state index contributed by atoms with van der Waals surface area (Å²) in [5, 5.41) is 12.2. The van der Waals surface area contributed by atoms with E-state index in [0.29, 0.717) is 22.8 Å². The molecule has 0 heterocycles. The Morgan fingerprint density at radius 2 is 2.06 bits per heavy atom. The fourth-order valence-electron chi connectivity index (χ4n) is 1.61. The summed E-state index contributed by atoms with van der Waals surface area (Å²) in [5.74, 6) is -0.379. The van der Waals surface area contributed by atoms with Gasteiger partial charge in [0.05, 0.1) is 11.6 Å². The molecule has 4 heteroatoms. The van der Waals surface area contributed by atoms with Crippen molar-refractivity contribution in [3.63, 3.8) is 0 Å². The van der Waals surface area contributed by atoms with E-state index in [-0.39, 0.29) is 5.82 Å². The van der Waals surface area contributed by atoms with Crippen LogP contribution in [0, 0.1) is 17.1 Å². The van der Waals surface area contributed by atoms with Gasteiger partial charge in [0, 0.05) is 17.3 Å². The summed E-state index contributed by atoms with van der Waals surface area (Å²) in [7, 11) is 0. The van der Waals surface area contributed by atoms with Crippen molar-refractivity contribution in [3.05, 3.63) is 64.4 Å². The van der Waals surface area contributed by atoms with E-state index in [9.17, 15) is 4.39 Å². The predicted molar refractivity (Wildman–Crippen MR) is 69.9 cm³/mol. The van der Waals surface area contributed by atoms with Crippen molar-refractivity contribution < 1.29 is 4.39 Å². The van der Waals surface area contributed by atoms with Crippen LogP contribution in [-0.2, 0) is 6.54 Å². The maximum Gasteiger partial charge on any atom is 0.126 e. The topological polar surface area (TPSA) is 35.8 Å². The van der Waals surface area contributed by atoms with Crippen molar-refractivity contribution in [1.82, 2.24) is 0 Å². The Morgan fingerprint density at radius 1 is 1.22 bits per heavy atom. The van der Waals surface area contributed by atoms with E-state index in [0.717, 1.165) is 5.56 Å². The third-order valence-corrected chi connectivity index (χ3v) is 2.63. The maximum absolute atomic E-state index is 13.1. The first kappa shape index (κ1) is 12.4. The van der Waals surface area contributed by atoms with Gasteiger partial charge in [-0.25, -0.2) is 4.39 Å². The summed E-state index contributed by atoms with van der Waals surface area (Å²) in [4.78, 5) is 0. The molecule has 2 nitrogen and oxygen atoms in total. The fraction of sp³-hybridized carbons (Fsp3) is 0.0714. The molecule has 0 amide bonds. The Labute approximate surface area is 110 Å². The third-order valence-electron chi connectivity index (χ3n) is 2.42. The normalized spacial score (nSPS) is 9.83. The lowest BCUT2D eigenvalue weighted by Gasteiger charge is -2.07. The van der Waals surface area contributed by atoms with Gasteiger partial charge in [-0.15, -0.1) is 0 Å². The summed E-state index contributed by atoms with van der Waals surface area (Å²) in [6.07, 6.45) is 0. The molecule has 0 aromatic heterocycles. The van der Waals surface area contributed by atoms with Gasteiger partial charge in [0.2, 0.25) is 0 Å². The highest BCUT2D eigenvalue weighted by Crippen LogP contribution is 2.18. The highest BCUT2D eigenvalue weighted by molar-refractivity contribution is 6.30. The van der Waals surface area contributed by atoms with Crippen LogP contribution in [0.25, 0.3) is 0 Å². The summed E-state index contributed by atoms with van der Waals surface area (Å²) < 4.78 is 13.1. The average Bonchev–Trinajstić information content (AvgIpc) is 2.35. The molecule has 18 heavy (non-hydrogen) atoms. The molecule has 0 aliphatic carbocycles. The molecule has 0 fully saturated rings. The van der Waals surface area contributed by atoms with Gasteiger partial charge >= 0.3 is 0 Å². The summed E-state index contributed by atoms with van der Waals surface area (Å²) in [6.45, 7) is 0.509. The van der Waals surface area contributed by atoms with E-state index in [1.54, 1.807) is 18.2 Å². The molecule has 0 spiro atoms. The first-order valence-corrected chi connectivity index (χ1v) is 5.74. The SMILES string of the molecule is N#Cc1cccc(CNc2cc(F)cc(Cl)c2)c1. The average molecular weight is 261 g/mol. The quantitative estimate of drug-likeness (QED) is 0.907. The number of nitrogens with zero attached hydrogens (tertiary/aromatic N) is 1. The number of halogens is 2. The maximum atomic E-state index is 13.1. The van der Waals surface area contributed by atoms with Crippen molar-refractivity contribution >= 4 is 17.3 Å². The molecule has 2 rings (SSSR count). The van der Waals surface area contributed by atoms with Crippen LogP contribution >= 0.6 is 11.6 Å². The molecule has 2 aromatic carbocycles. The van der Waals surface area contributed by atoms with Gasteiger partial charge in [-0.3, -0.25) is 0 Å². The zero-order valence-corrected chi connectivity index (χ0v) is 10.2. The van der Waals surface area contributed by atoms with Crippen LogP contribution in [0.2, 0.25) is 5.02 Å². The van der Waals surface area contributed by atoms with Crippen LogP contribution < -0.4 is 5.32 Å². The van der Waals surface area contributed by atoms with Gasteiger partial charge in [-0.1, -0.05) is 23.7 Å². The van der Waals surface area contributed by atoms with Gasteiger partial charge in [0.25, 0.3) is 0 Å². The minimum Gasteiger partial charge on any atom is -0.381 e. The van der Waals surface area contributed by atoms with Gasteiger partial charge < -0.3 is 5.32 Å². The van der Waals surface area contributed by atoms with E-state index >= 15 is 0 Å². The number of anilines is 1. The summed E-state index contributed by atoms with van der Waals surface area (Å²) in [5.41, 5.74) is 2.17. The Bertz CT molecular complexity index is 585. The number of hydrogen-bond acceptors (Lipinski definition) is 2. The van der Waals surface area contributed by atoms with Gasteiger partial charge in [-0.05, 0) is 35.9 Å². The van der Waals surface area contributed by atoms with Crippen LogP contribution in [0.4, 0.5) is 10.1 Å². The molecule has 2 aromatic rings. The van der Waals surface area contributed by atoms with E-state index in [1.165, 1.54) is 12.1 Å². The van der Waals surface area contributed by atoms with Crippen LogP contribution in [-0.4, -0.2) is 0 Å². The second kappa shape index (κ2) is 5.52. The van der Waals surface area contributed by atoms with Crippen molar-refractivity contribution in [3.8, 4) is 6.07 Å². The molecule has 1 N–H and O–H groups in total. The number of benzene rings is 2. The first-order chi connectivity index (χ1) is 8.67. The van der Waals surface area contributed by atoms with Gasteiger partial charge in [-0.2, -0.15) is 5.26 Å². The van der Waals surface area contributed by atoms with Gasteiger partial charge in [0.15, 0.2) is 0 Å². The first-order valence-electron chi connectivity index (χ1n) is 5.36. The highest BCUT2D eigenvalue weighted by Gasteiger charge is 2.00. The molecule has 0 unspecified atom stereocenters. The van der Waals surface area contributed by atoms with E-state index in [2.05, 4.69) is 11.4 Å². The minimum atomic E-state index is -0.379. The number of rotatable bonds is 3. The largest absolute Gasteiger partial charge is 0.381 e. The van der Waals surface area contributed by atoms with Gasteiger partial charge in [0.1, 0.15) is 5.82 Å². The van der Waals surface area contributed by atoms with Crippen LogP contribution in [0.5, 0.6) is 0 Å². The second-order valence-corrected chi connectivity index (χ2v) is 4.26. The Hall–Kier alpha value is -2.05. The van der Waals surface area contributed by atoms with Crippen molar-refractivity contribution in [2.24, 2.45) is 0 Å². The van der Waals surface area contributed by atoms with Crippen LogP contribution in [0.3, 0.4) is 0 Å². The molecule has 0 aliphatic heterocycles. The van der Waals surface area contributed by atoms with E-state index < -0.39 is 0 Å². The summed E-state index contributed by atoms with van der Waals surface area (Å²) >= 11 is 5.76. The van der Waals surface area contributed by atoms with Crippen LogP contribution in [0.15, 0.2) is 42.5 Å². The predicted octanol–water partition coefficient (Wildman–Crippen LogP) is 3.96. The lowest BCUT2D eigenvalue weighted by Crippen LogP contribution is -2.00. The molecule has 0 aliphatic rings. The lowest BCUT2D eigenvalue weighted by atomic mass is 10.1. The minimum absolute atomic E-state index is 0.350. The molecule has 0 saturated carbocycles. The zero-order chi connectivity index (χ0) is 13.0. The van der Waals surface area contributed by atoms with E-state index in [1.807, 2.05) is 12.1 Å². The Morgan fingerprint density at radius 3 is 2.78 bits per heavy atom. The second-order valence-electron chi connectivity index (χ2n) is 3.82. The molecule has 90 valence electrons. The molecule has 0 radical (unpaired) electrons. The third kappa shape index (κ3) is 3.22. The van der Waals surface area contributed by atoms with Crippen molar-refractivity contribution in [1.29, 1.82) is 5.26 Å². The smallest absolute Gasteiger partial charge is 0.126 e. The van der Waals surface area contributed by atoms with Crippen molar-refractivity contribution in [2.45, 2.75) is 6.54 Å². The number of nitrogens with one attached hydrogen (secondary N) is 1. The molecular formula is C14H10ClFN2. The standard InChI is InChI=1S/C14H10ClFN2/c15-12-5-13(16)7-14(6-12)18-9-11-3-1-2-10(4-11)8-17/h1-7,18H,9H2. The van der Waals surface area contributed by atoms with E-state index in [4.69, 9.17) is 16.9 Å². The number of nitriles is 1. The monoisotopic (exact) mass is 260 g/mol. The van der Waals surface area contributed by atoms with Crippen LogP contribution in [0.1, 0.15) is 11.1 Å². The molecule has 0 atom stereocenters. The number of hydrogen-bond donors (Lipinski definition) is 1. The molecular weight excluding hydrogens is 251 g/mol. The highest BCUT2D eigenvalue weighted by atomic mass is 35.5. The van der Waals surface area contributed by atoms with Crippen molar-refractivity contribution in [2.75, 3.05) is 5.32 Å². The molecule has 0 bridgehead atoms. The Kier molecular flexibility index (Phi) is 3.81. The fourth-order valence-corrected chi connectivity index (χ4v) is 1.83. The summed E-state index contributed by atoms with van der Waals surface area (Å²) in [6, 6.07) is 13.6.